The highest BCUT2D eigenvalue weighted by atomic mass is 32.2. The summed E-state index contributed by atoms with van der Waals surface area (Å²) in [6, 6.07) is -0.454. The number of hydrogen-bond donors (Lipinski definition) is 1. The molecule has 3 rings (SSSR count). The van der Waals surface area contributed by atoms with E-state index in [4.69, 9.17) is 10.5 Å². The second-order valence-electron chi connectivity index (χ2n) is 6.26. The number of fused-ring (bicyclic) bond motifs is 2. The van der Waals surface area contributed by atoms with Crippen LogP contribution in [0.25, 0.3) is 0 Å². The van der Waals surface area contributed by atoms with Crippen molar-refractivity contribution in [2.75, 3.05) is 19.7 Å². The number of benzene rings is 1. The lowest BCUT2D eigenvalue weighted by Crippen LogP contribution is -2.60. The Bertz CT molecular complexity index is 997. The predicted octanol–water partition coefficient (Wildman–Crippen LogP) is -0.343. The van der Waals surface area contributed by atoms with Crippen LogP contribution in [0.15, 0.2) is 23.1 Å². The van der Waals surface area contributed by atoms with Crippen molar-refractivity contribution in [2.24, 2.45) is 5.73 Å². The Balaban J connectivity index is 2.03. The van der Waals surface area contributed by atoms with Crippen molar-refractivity contribution in [1.29, 1.82) is 0 Å². The molecule has 2 bridgehead atoms. The SMILES string of the molecule is NC(=O)CN1C[C@@H]2OC[C@@H](C1=O)N2S(=O)(=O)c1ccc(C(F)(F)F)cc1[N+](=O)[O-]. The van der Waals surface area contributed by atoms with Crippen LogP contribution >= 0.6 is 0 Å². The van der Waals surface area contributed by atoms with E-state index < -0.39 is 67.9 Å². The third-order valence-electron chi connectivity index (χ3n) is 4.40. The molecule has 0 radical (unpaired) electrons. The average Bonchev–Trinajstić information content (AvgIpc) is 2.96. The molecule has 0 saturated carbocycles. The van der Waals surface area contributed by atoms with E-state index in [1.54, 1.807) is 0 Å². The van der Waals surface area contributed by atoms with Crippen molar-refractivity contribution in [3.63, 3.8) is 0 Å². The van der Waals surface area contributed by atoms with Gasteiger partial charge in [-0.15, -0.1) is 0 Å². The summed E-state index contributed by atoms with van der Waals surface area (Å²) in [5.41, 5.74) is 2.35. The molecule has 29 heavy (non-hydrogen) atoms. The zero-order valence-corrected chi connectivity index (χ0v) is 15.1. The number of nitrogens with two attached hydrogens (primary N) is 1. The number of amides is 2. The van der Waals surface area contributed by atoms with Crippen molar-refractivity contribution < 1.29 is 40.8 Å². The molecular formula is C14H13F3N4O7S. The van der Waals surface area contributed by atoms with Crippen LogP contribution < -0.4 is 5.73 Å². The van der Waals surface area contributed by atoms with Crippen LogP contribution in [0.1, 0.15) is 5.56 Å². The largest absolute Gasteiger partial charge is 0.416 e. The van der Waals surface area contributed by atoms with Gasteiger partial charge in [-0.1, -0.05) is 0 Å². The summed E-state index contributed by atoms with van der Waals surface area (Å²) in [7, 11) is -4.79. The van der Waals surface area contributed by atoms with Crippen molar-refractivity contribution >= 4 is 27.5 Å². The Kier molecular flexibility index (Phi) is 5.00. The molecular weight excluding hydrogens is 425 g/mol. The highest BCUT2D eigenvalue weighted by Crippen LogP contribution is 2.38. The summed E-state index contributed by atoms with van der Waals surface area (Å²) in [6.45, 7) is -1.23. The van der Waals surface area contributed by atoms with Crippen LogP contribution in [0, 0.1) is 10.1 Å². The highest BCUT2D eigenvalue weighted by molar-refractivity contribution is 7.89. The van der Waals surface area contributed by atoms with Gasteiger partial charge in [-0.25, -0.2) is 8.42 Å². The van der Waals surface area contributed by atoms with E-state index in [0.29, 0.717) is 16.4 Å². The number of sulfonamides is 1. The first-order valence-corrected chi connectivity index (χ1v) is 9.36. The fourth-order valence-corrected chi connectivity index (χ4v) is 4.96. The minimum Gasteiger partial charge on any atom is -0.368 e. The van der Waals surface area contributed by atoms with Crippen LogP contribution in [0.3, 0.4) is 0 Å². The van der Waals surface area contributed by atoms with Crippen molar-refractivity contribution in [3.05, 3.63) is 33.9 Å². The summed E-state index contributed by atoms with van der Waals surface area (Å²) in [4.78, 5) is 33.5. The minimum atomic E-state index is -4.93. The molecule has 2 fully saturated rings. The van der Waals surface area contributed by atoms with Crippen LogP contribution in [0.5, 0.6) is 0 Å². The normalized spacial score (nSPS) is 22.7. The molecule has 0 aliphatic carbocycles. The number of nitro benzene ring substituents is 1. The zero-order valence-electron chi connectivity index (χ0n) is 14.3. The number of rotatable bonds is 5. The van der Waals surface area contributed by atoms with Gasteiger partial charge in [-0.2, -0.15) is 17.5 Å². The number of ether oxygens (including phenoxy) is 1. The average molecular weight is 438 g/mol. The fraction of sp³-hybridized carbons (Fsp3) is 0.429. The molecule has 2 heterocycles. The van der Waals surface area contributed by atoms with Crippen LogP contribution in [-0.4, -0.2) is 66.3 Å². The number of piperazine rings is 1. The summed E-state index contributed by atoms with van der Waals surface area (Å²) < 4.78 is 70.4. The lowest BCUT2D eigenvalue weighted by molar-refractivity contribution is -0.388. The van der Waals surface area contributed by atoms with E-state index >= 15 is 0 Å². The van der Waals surface area contributed by atoms with Crippen molar-refractivity contribution in [2.45, 2.75) is 23.3 Å². The van der Waals surface area contributed by atoms with Gasteiger partial charge in [0.15, 0.2) is 4.90 Å². The van der Waals surface area contributed by atoms with Gasteiger partial charge < -0.3 is 15.4 Å². The zero-order chi connectivity index (χ0) is 21.7. The lowest BCUT2D eigenvalue weighted by atomic mass is 10.2. The molecule has 2 atom stereocenters. The Morgan fingerprint density at radius 3 is 2.59 bits per heavy atom. The third kappa shape index (κ3) is 3.63. The van der Waals surface area contributed by atoms with Crippen LogP contribution in [0.4, 0.5) is 18.9 Å². The molecule has 0 unspecified atom stereocenters. The molecule has 0 aromatic heterocycles. The number of halogens is 3. The molecule has 2 N–H and O–H groups in total. The Morgan fingerprint density at radius 2 is 2.03 bits per heavy atom. The number of carbonyl (C=O) groups is 2. The molecule has 1 aromatic rings. The summed E-state index contributed by atoms with van der Waals surface area (Å²) >= 11 is 0. The fourth-order valence-electron chi connectivity index (χ4n) is 3.17. The summed E-state index contributed by atoms with van der Waals surface area (Å²) in [5, 5.41) is 11.2. The van der Waals surface area contributed by atoms with Gasteiger partial charge in [0.05, 0.1) is 30.2 Å². The Labute approximate surface area is 161 Å². The number of nitrogens with zero attached hydrogens (tertiary/aromatic N) is 3. The first-order valence-electron chi connectivity index (χ1n) is 7.92. The molecule has 2 amide bonds. The number of hydrogen-bond acceptors (Lipinski definition) is 7. The number of nitro groups is 1. The van der Waals surface area contributed by atoms with E-state index in [1.165, 1.54) is 0 Å². The molecule has 1 aromatic carbocycles. The molecule has 11 nitrogen and oxygen atoms in total. The van der Waals surface area contributed by atoms with Gasteiger partial charge in [0.1, 0.15) is 12.3 Å². The third-order valence-corrected chi connectivity index (χ3v) is 6.34. The monoisotopic (exact) mass is 438 g/mol. The van der Waals surface area contributed by atoms with Gasteiger partial charge in [0, 0.05) is 6.07 Å². The van der Waals surface area contributed by atoms with E-state index in [-0.39, 0.29) is 19.2 Å². The maximum atomic E-state index is 13.0. The maximum Gasteiger partial charge on any atom is 0.416 e. The number of carbonyl (C=O) groups excluding carboxylic acids is 2. The maximum absolute atomic E-state index is 13.0. The number of alkyl halides is 3. The van der Waals surface area contributed by atoms with Crippen molar-refractivity contribution in [1.82, 2.24) is 9.21 Å². The first kappa shape index (κ1) is 20.9. The van der Waals surface area contributed by atoms with Gasteiger partial charge in [0.25, 0.3) is 15.7 Å². The quantitative estimate of drug-likeness (QED) is 0.487. The van der Waals surface area contributed by atoms with E-state index in [1.807, 2.05) is 0 Å². The molecule has 15 heteroatoms. The van der Waals surface area contributed by atoms with Gasteiger partial charge in [-0.05, 0) is 12.1 Å². The van der Waals surface area contributed by atoms with Crippen LogP contribution in [-0.2, 0) is 30.5 Å². The Morgan fingerprint density at radius 1 is 1.38 bits per heavy atom. The second-order valence-corrected chi connectivity index (χ2v) is 8.07. The van der Waals surface area contributed by atoms with E-state index in [9.17, 15) is 41.3 Å². The molecule has 0 spiro atoms. The summed E-state index contributed by atoms with van der Waals surface area (Å²) in [5.74, 6) is -1.65. The number of primary amides is 1. The molecule has 2 aliphatic rings. The van der Waals surface area contributed by atoms with Crippen LogP contribution in [0.2, 0.25) is 0 Å². The van der Waals surface area contributed by atoms with E-state index in [0.717, 1.165) is 4.90 Å². The molecule has 158 valence electrons. The standard InChI is InChI=1S/C14H13F3N4O7S/c15-14(16,17)7-1-2-10(8(3-7)21(24)25)29(26,27)20-9-6-28-12(20)5-19(13(9)23)4-11(18)22/h1-3,9,12H,4-6H2,(H2,18,22)/t9-,12-/m0/s1. The van der Waals surface area contributed by atoms with Gasteiger partial charge >= 0.3 is 6.18 Å². The summed E-state index contributed by atoms with van der Waals surface area (Å²) in [6.07, 6.45) is -6.20. The smallest absolute Gasteiger partial charge is 0.368 e. The topological polar surface area (TPSA) is 153 Å². The minimum absolute atomic E-state index is 0.112. The van der Waals surface area contributed by atoms with Gasteiger partial charge in [0.2, 0.25) is 11.8 Å². The second kappa shape index (κ2) is 6.93. The predicted molar refractivity (Wildman–Crippen MR) is 86.4 cm³/mol. The highest BCUT2D eigenvalue weighted by Gasteiger charge is 2.54. The molecule has 2 saturated heterocycles. The molecule has 2 aliphatic heterocycles. The van der Waals surface area contributed by atoms with Crippen molar-refractivity contribution in [3.8, 4) is 0 Å². The Hall–Kier alpha value is -2.78. The lowest BCUT2D eigenvalue weighted by Gasteiger charge is -2.36. The van der Waals surface area contributed by atoms with E-state index in [2.05, 4.69) is 0 Å². The first-order chi connectivity index (χ1) is 13.3. The van der Waals surface area contributed by atoms with Gasteiger partial charge in [-0.3, -0.25) is 19.7 Å².